The molecule has 8 aromatic carbocycles. The van der Waals surface area contributed by atoms with Crippen molar-refractivity contribution in [3.8, 4) is 33.4 Å². The van der Waals surface area contributed by atoms with Gasteiger partial charge in [0.2, 0.25) is 0 Å². The number of benzene rings is 8. The summed E-state index contributed by atoms with van der Waals surface area (Å²) in [4.78, 5) is 1.76. The molecule has 0 bridgehead atoms. The molecule has 0 aliphatic heterocycles. The fourth-order valence-electron chi connectivity index (χ4n) is 7.81. The van der Waals surface area contributed by atoms with E-state index in [-0.39, 0.29) is 16.8 Å². The summed E-state index contributed by atoms with van der Waals surface area (Å²) < 4.78 is 86.7. The highest BCUT2D eigenvalue weighted by Crippen LogP contribution is 2.52. The molecule has 1 heterocycles. The van der Waals surface area contributed by atoms with Crippen molar-refractivity contribution in [1.29, 1.82) is 0 Å². The van der Waals surface area contributed by atoms with Crippen LogP contribution in [0.15, 0.2) is 180 Å². The number of fused-ring (bicyclic) bond motifs is 8. The van der Waals surface area contributed by atoms with E-state index in [1.165, 1.54) is 5.56 Å². The zero-order valence-corrected chi connectivity index (χ0v) is 27.9. The molecular formula is C49H35NO. The summed E-state index contributed by atoms with van der Waals surface area (Å²) in [5.74, 6) is 0. The Balaban J connectivity index is 1.27. The second-order valence-electron chi connectivity index (χ2n) is 13.4. The number of anilines is 3. The van der Waals surface area contributed by atoms with Crippen molar-refractivity contribution in [3.63, 3.8) is 0 Å². The van der Waals surface area contributed by atoms with Crippen LogP contribution in [0.4, 0.5) is 17.1 Å². The van der Waals surface area contributed by atoms with Gasteiger partial charge < -0.3 is 9.32 Å². The molecule has 242 valence electrons. The van der Waals surface area contributed by atoms with Crippen LogP contribution in [0.1, 0.15) is 37.3 Å². The molecule has 0 unspecified atom stereocenters. The topological polar surface area (TPSA) is 16.4 Å². The largest absolute Gasteiger partial charge is 0.455 e. The van der Waals surface area contributed by atoms with Crippen molar-refractivity contribution >= 4 is 49.8 Å². The van der Waals surface area contributed by atoms with Crippen molar-refractivity contribution < 1.29 is 16.8 Å². The lowest BCUT2D eigenvalue weighted by Crippen LogP contribution is -2.16. The van der Waals surface area contributed by atoms with Crippen LogP contribution >= 0.6 is 0 Å². The molecule has 1 aliphatic carbocycles. The van der Waals surface area contributed by atoms with E-state index in [1.54, 1.807) is 4.90 Å². The van der Waals surface area contributed by atoms with Crippen LogP contribution in [0.2, 0.25) is 0 Å². The fourth-order valence-corrected chi connectivity index (χ4v) is 7.81. The van der Waals surface area contributed by atoms with E-state index in [0.29, 0.717) is 17.0 Å². The van der Waals surface area contributed by atoms with Crippen LogP contribution in [-0.4, -0.2) is 0 Å². The van der Waals surface area contributed by atoms with Gasteiger partial charge in [0.25, 0.3) is 0 Å². The molecule has 0 amide bonds. The van der Waals surface area contributed by atoms with E-state index in [9.17, 15) is 5.48 Å². The van der Waals surface area contributed by atoms with Crippen LogP contribution < -0.4 is 4.90 Å². The monoisotopic (exact) mass is 662 g/mol. The number of rotatable bonds is 5. The Morgan fingerprint density at radius 1 is 0.529 bits per heavy atom. The van der Waals surface area contributed by atoms with Crippen molar-refractivity contribution in [1.82, 2.24) is 0 Å². The van der Waals surface area contributed by atoms with Crippen LogP contribution in [0.5, 0.6) is 0 Å². The Bertz CT molecular complexity index is 3260. The minimum Gasteiger partial charge on any atom is -0.455 e. The Morgan fingerprint density at radius 3 is 2.10 bits per heavy atom. The van der Waals surface area contributed by atoms with E-state index in [0.717, 1.165) is 54.9 Å². The quantitative estimate of drug-likeness (QED) is 0.182. The SMILES string of the molecule is [2H]c1c([2H])c([2H])c(-c2c([2H])c([2H])c(N(c3ccc4c(c3)C(C)(C)c3ccccc3-4)c3ccccc3-c3cccc4oc5c6ccccc6ccc5c34)c([2H])c2[2H])c([2H])c1[2H]. The molecule has 0 saturated heterocycles. The Hall–Kier alpha value is -6.38. The molecule has 0 radical (unpaired) electrons. The minimum atomic E-state index is -0.627. The first-order valence-electron chi connectivity index (χ1n) is 21.5. The average Bonchev–Trinajstić information content (AvgIpc) is 3.76. The zero-order chi connectivity index (χ0) is 41.9. The van der Waals surface area contributed by atoms with Gasteiger partial charge in [0.05, 0.1) is 18.0 Å². The Morgan fingerprint density at radius 2 is 1.24 bits per heavy atom. The zero-order valence-electron chi connectivity index (χ0n) is 36.9. The van der Waals surface area contributed by atoms with Gasteiger partial charge in [-0.25, -0.2) is 0 Å². The predicted molar refractivity (Wildman–Crippen MR) is 214 cm³/mol. The third-order valence-corrected chi connectivity index (χ3v) is 10.2. The maximum absolute atomic E-state index is 9.64. The summed E-state index contributed by atoms with van der Waals surface area (Å²) in [5.41, 5.74) is 7.35. The Labute approximate surface area is 310 Å². The molecule has 10 rings (SSSR count). The van der Waals surface area contributed by atoms with Crippen LogP contribution in [-0.2, 0) is 5.41 Å². The van der Waals surface area contributed by atoms with Crippen LogP contribution in [0, 0.1) is 0 Å². The van der Waals surface area contributed by atoms with Crippen LogP contribution in [0.3, 0.4) is 0 Å². The molecule has 1 aliphatic rings. The average molecular weight is 663 g/mol. The molecule has 0 saturated carbocycles. The number of hydrogen-bond acceptors (Lipinski definition) is 2. The summed E-state index contributed by atoms with van der Waals surface area (Å²) in [6.45, 7) is 4.33. The van der Waals surface area contributed by atoms with Gasteiger partial charge in [0.15, 0.2) is 0 Å². The summed E-state index contributed by atoms with van der Waals surface area (Å²) in [7, 11) is 0. The van der Waals surface area contributed by atoms with Crippen molar-refractivity contribution in [2.24, 2.45) is 0 Å². The molecule has 51 heavy (non-hydrogen) atoms. The van der Waals surface area contributed by atoms with E-state index >= 15 is 0 Å². The van der Waals surface area contributed by atoms with Gasteiger partial charge in [-0.05, 0) is 86.7 Å². The molecule has 0 spiro atoms. The number of para-hydroxylation sites is 1. The van der Waals surface area contributed by atoms with Gasteiger partial charge >= 0.3 is 0 Å². The number of hydrogen-bond donors (Lipinski definition) is 0. The first-order chi connectivity index (χ1) is 28.8. The molecule has 9 aromatic rings. The summed E-state index contributed by atoms with van der Waals surface area (Å²) in [5, 5.41) is 3.84. The maximum atomic E-state index is 9.64. The first-order valence-corrected chi connectivity index (χ1v) is 17.0. The molecule has 0 atom stereocenters. The smallest absolute Gasteiger partial charge is 0.143 e. The molecular weight excluding hydrogens is 619 g/mol. The third-order valence-electron chi connectivity index (χ3n) is 10.2. The van der Waals surface area contributed by atoms with Gasteiger partial charge in [-0.15, -0.1) is 0 Å². The van der Waals surface area contributed by atoms with E-state index in [2.05, 4.69) is 44.2 Å². The Kier molecular flexibility index (Phi) is 4.81. The second kappa shape index (κ2) is 11.3. The van der Waals surface area contributed by atoms with Crippen molar-refractivity contribution in [3.05, 3.63) is 187 Å². The van der Waals surface area contributed by atoms with E-state index in [4.69, 9.17) is 11.3 Å². The van der Waals surface area contributed by atoms with Gasteiger partial charge in [0, 0.05) is 38.5 Å². The lowest BCUT2D eigenvalue weighted by atomic mass is 9.82. The lowest BCUT2D eigenvalue weighted by Gasteiger charge is -2.30. The number of nitrogens with zero attached hydrogens (tertiary/aromatic N) is 1. The third kappa shape index (κ3) is 4.57. The van der Waals surface area contributed by atoms with E-state index < -0.39 is 59.8 Å². The standard InChI is InChI=1S/C49H35NO/c1-49(2)43-20-10-8-17-38(43)39-30-28-36(31-44(39)49)50(35-26-23-33(24-27-35)32-13-4-3-5-14-32)45-21-11-9-18-40(45)41-19-12-22-46-47(41)42-29-25-34-15-6-7-16-37(34)48(42)51-46/h3-31H,1-2H3/i3D,4D,5D,13D,14D,23D,24D,26D,27D. The summed E-state index contributed by atoms with van der Waals surface area (Å²) in [6.07, 6.45) is 0. The van der Waals surface area contributed by atoms with Gasteiger partial charge in [-0.3, -0.25) is 0 Å². The van der Waals surface area contributed by atoms with E-state index in [1.807, 2.05) is 91.0 Å². The number of furan rings is 1. The van der Waals surface area contributed by atoms with Gasteiger partial charge in [0.1, 0.15) is 11.2 Å². The fraction of sp³-hybridized carbons (Fsp3) is 0.0612. The molecule has 1 aromatic heterocycles. The normalized spacial score (nSPS) is 15.5. The lowest BCUT2D eigenvalue weighted by molar-refractivity contribution is 0.660. The second-order valence-corrected chi connectivity index (χ2v) is 13.4. The molecule has 2 heteroatoms. The highest BCUT2D eigenvalue weighted by Gasteiger charge is 2.36. The highest BCUT2D eigenvalue weighted by atomic mass is 16.3. The first kappa shape index (κ1) is 21.7. The summed E-state index contributed by atoms with van der Waals surface area (Å²) in [6, 6.07) is 35.1. The van der Waals surface area contributed by atoms with Crippen molar-refractivity contribution in [2.75, 3.05) is 4.90 Å². The predicted octanol–water partition coefficient (Wildman–Crippen LogP) is 13.8. The molecule has 2 nitrogen and oxygen atoms in total. The molecule has 0 fully saturated rings. The van der Waals surface area contributed by atoms with Gasteiger partial charge in [-0.1, -0.05) is 147 Å². The van der Waals surface area contributed by atoms with Crippen molar-refractivity contribution in [2.45, 2.75) is 19.3 Å². The summed E-state index contributed by atoms with van der Waals surface area (Å²) >= 11 is 0. The van der Waals surface area contributed by atoms with Crippen LogP contribution in [0.25, 0.3) is 66.1 Å². The highest BCUT2D eigenvalue weighted by molar-refractivity contribution is 6.19. The van der Waals surface area contributed by atoms with Gasteiger partial charge in [-0.2, -0.15) is 0 Å². The minimum absolute atomic E-state index is 0.0583. The maximum Gasteiger partial charge on any atom is 0.143 e. The molecule has 0 N–H and O–H groups in total.